The number of rotatable bonds is 2. The van der Waals surface area contributed by atoms with Gasteiger partial charge in [-0.3, -0.25) is 4.79 Å². The molecule has 0 aliphatic heterocycles. The van der Waals surface area contributed by atoms with Gasteiger partial charge in [-0.25, -0.2) is 4.39 Å². The van der Waals surface area contributed by atoms with Crippen LogP contribution in [0.3, 0.4) is 0 Å². The van der Waals surface area contributed by atoms with E-state index in [9.17, 15) is 9.18 Å². The fourth-order valence-corrected chi connectivity index (χ4v) is 4.73. The quantitative estimate of drug-likeness (QED) is 0.618. The van der Waals surface area contributed by atoms with Crippen LogP contribution in [0.25, 0.3) is 10.2 Å². The number of para-hydroxylation sites is 1. The molecule has 1 aliphatic carbocycles. The monoisotopic (exact) mass is 342 g/mol. The van der Waals surface area contributed by atoms with Gasteiger partial charge < -0.3 is 10.3 Å². The summed E-state index contributed by atoms with van der Waals surface area (Å²) in [5.74, 6) is -0.669. The number of amides is 1. The second-order valence-electron chi connectivity index (χ2n) is 6.31. The molecule has 0 fully saturated rings. The van der Waals surface area contributed by atoms with Gasteiger partial charge in [0.1, 0.15) is 5.82 Å². The molecule has 24 heavy (non-hydrogen) atoms. The summed E-state index contributed by atoms with van der Waals surface area (Å²) in [5, 5.41) is 2.71. The minimum atomic E-state index is -0.419. The van der Waals surface area contributed by atoms with Gasteiger partial charge in [0.25, 0.3) is 5.91 Å². The summed E-state index contributed by atoms with van der Waals surface area (Å²) >= 11 is 1.67. The van der Waals surface area contributed by atoms with E-state index in [0.29, 0.717) is 5.56 Å². The Morgan fingerprint density at radius 1 is 1.21 bits per heavy atom. The summed E-state index contributed by atoms with van der Waals surface area (Å²) in [6.07, 6.45) is 5.77. The molecule has 0 radical (unpaired) electrons. The lowest BCUT2D eigenvalue weighted by Crippen LogP contribution is -2.13. The molecule has 124 valence electrons. The molecule has 2 heterocycles. The largest absolute Gasteiger partial charge is 0.357 e. The number of halogens is 1. The fraction of sp³-hybridized carbons (Fsp3) is 0.316. The van der Waals surface area contributed by atoms with Crippen molar-refractivity contribution in [2.45, 2.75) is 39.0 Å². The Kier molecular flexibility index (Phi) is 3.88. The number of nitrogens with one attached hydrogen (secondary N) is 2. The van der Waals surface area contributed by atoms with Gasteiger partial charge in [0.05, 0.1) is 21.5 Å². The molecule has 0 spiro atoms. The van der Waals surface area contributed by atoms with Crippen LogP contribution >= 0.6 is 11.3 Å². The van der Waals surface area contributed by atoms with Crippen LogP contribution in [0.15, 0.2) is 24.3 Å². The third kappa shape index (κ3) is 2.53. The molecular weight excluding hydrogens is 323 g/mol. The van der Waals surface area contributed by atoms with Crippen LogP contribution in [-0.4, -0.2) is 10.9 Å². The van der Waals surface area contributed by atoms with Crippen LogP contribution < -0.4 is 5.32 Å². The maximum Gasteiger partial charge on any atom is 0.259 e. The van der Waals surface area contributed by atoms with Crippen LogP contribution in [-0.2, 0) is 12.8 Å². The molecule has 1 amide bonds. The van der Waals surface area contributed by atoms with Crippen molar-refractivity contribution in [1.29, 1.82) is 0 Å². The lowest BCUT2D eigenvalue weighted by Gasteiger charge is -2.06. The molecule has 2 N–H and O–H groups in total. The molecule has 0 saturated heterocycles. The molecule has 4 rings (SSSR count). The highest BCUT2D eigenvalue weighted by molar-refractivity contribution is 7.19. The lowest BCUT2D eigenvalue weighted by molar-refractivity contribution is 0.102. The molecule has 1 aromatic carbocycles. The topological polar surface area (TPSA) is 44.9 Å². The number of aryl methyl sites for hydroxylation is 3. The third-order valence-electron chi connectivity index (χ3n) is 4.70. The summed E-state index contributed by atoms with van der Waals surface area (Å²) in [5.41, 5.74) is 4.42. The van der Waals surface area contributed by atoms with Gasteiger partial charge in [-0.1, -0.05) is 18.6 Å². The summed E-state index contributed by atoms with van der Waals surface area (Å²) in [6.45, 7) is 1.96. The average molecular weight is 342 g/mol. The van der Waals surface area contributed by atoms with Crippen molar-refractivity contribution in [3.63, 3.8) is 0 Å². The predicted molar refractivity (Wildman–Crippen MR) is 96.5 cm³/mol. The molecule has 2 aromatic heterocycles. The van der Waals surface area contributed by atoms with Gasteiger partial charge in [-0.05, 0) is 50.3 Å². The highest BCUT2D eigenvalue weighted by Gasteiger charge is 2.23. The van der Waals surface area contributed by atoms with Crippen LogP contribution in [0, 0.1) is 12.7 Å². The van der Waals surface area contributed by atoms with E-state index in [1.807, 2.05) is 6.92 Å². The van der Waals surface area contributed by atoms with Crippen molar-refractivity contribution in [1.82, 2.24) is 4.98 Å². The van der Waals surface area contributed by atoms with Gasteiger partial charge in [-0.15, -0.1) is 11.3 Å². The minimum absolute atomic E-state index is 0.217. The van der Waals surface area contributed by atoms with Gasteiger partial charge in [0.2, 0.25) is 0 Å². The van der Waals surface area contributed by atoms with Gasteiger partial charge >= 0.3 is 0 Å². The molecule has 3 aromatic rings. The Balaban J connectivity index is 1.75. The Morgan fingerprint density at radius 3 is 2.83 bits per heavy atom. The number of aromatic nitrogens is 1. The molecule has 1 aliphatic rings. The maximum absolute atomic E-state index is 13.8. The first-order valence-corrected chi connectivity index (χ1v) is 9.15. The highest BCUT2D eigenvalue weighted by atomic mass is 32.1. The molecule has 0 unspecified atom stereocenters. The van der Waals surface area contributed by atoms with Gasteiger partial charge in [0.15, 0.2) is 0 Å². The number of carbonyl (C=O) groups is 1. The fourth-order valence-electron chi connectivity index (χ4n) is 3.52. The summed E-state index contributed by atoms with van der Waals surface area (Å²) in [4.78, 5) is 17.2. The second kappa shape index (κ2) is 6.06. The molecule has 0 atom stereocenters. The number of aromatic amines is 1. The lowest BCUT2D eigenvalue weighted by atomic mass is 10.1. The number of thiophene rings is 1. The van der Waals surface area contributed by atoms with E-state index in [1.54, 1.807) is 29.5 Å². The molecule has 3 nitrogen and oxygen atoms in total. The number of hydrogen-bond acceptors (Lipinski definition) is 2. The molecule has 0 bridgehead atoms. The minimum Gasteiger partial charge on any atom is -0.357 e. The van der Waals surface area contributed by atoms with Gasteiger partial charge in [0, 0.05) is 10.6 Å². The zero-order valence-corrected chi connectivity index (χ0v) is 14.4. The zero-order chi connectivity index (χ0) is 16.7. The van der Waals surface area contributed by atoms with Crippen LogP contribution in [0.4, 0.5) is 10.1 Å². The van der Waals surface area contributed by atoms with E-state index in [2.05, 4.69) is 10.3 Å². The molecule has 0 saturated carbocycles. The predicted octanol–water partition coefficient (Wildman–Crippen LogP) is 5.20. The van der Waals surface area contributed by atoms with E-state index in [1.165, 1.54) is 41.3 Å². The van der Waals surface area contributed by atoms with Crippen molar-refractivity contribution in [3.05, 3.63) is 51.8 Å². The van der Waals surface area contributed by atoms with Crippen molar-refractivity contribution >= 4 is 33.1 Å². The zero-order valence-electron chi connectivity index (χ0n) is 13.5. The number of H-pyrrole nitrogens is 1. The Hall–Kier alpha value is -2.14. The second-order valence-corrected chi connectivity index (χ2v) is 7.54. The van der Waals surface area contributed by atoms with Crippen LogP contribution in [0.5, 0.6) is 0 Å². The summed E-state index contributed by atoms with van der Waals surface area (Å²) < 4.78 is 15.0. The molecular formula is C19H19FN2OS. The Bertz CT molecular complexity index is 925. The third-order valence-corrected chi connectivity index (χ3v) is 5.87. The first-order chi connectivity index (χ1) is 11.6. The van der Waals surface area contributed by atoms with E-state index >= 15 is 0 Å². The first-order valence-electron chi connectivity index (χ1n) is 8.34. The van der Waals surface area contributed by atoms with Crippen molar-refractivity contribution < 1.29 is 9.18 Å². The maximum atomic E-state index is 13.8. The normalized spacial score (nSPS) is 14.4. The van der Waals surface area contributed by atoms with Crippen LogP contribution in [0.1, 0.15) is 45.8 Å². The smallest absolute Gasteiger partial charge is 0.259 e. The summed E-state index contributed by atoms with van der Waals surface area (Å²) in [6, 6.07) is 6.26. The number of carbonyl (C=O) groups excluding carboxylic acids is 1. The van der Waals surface area contributed by atoms with E-state index < -0.39 is 5.82 Å². The average Bonchev–Trinajstić information content (AvgIpc) is 2.93. The van der Waals surface area contributed by atoms with Crippen molar-refractivity contribution in [2.24, 2.45) is 0 Å². The van der Waals surface area contributed by atoms with E-state index in [-0.39, 0.29) is 11.6 Å². The highest BCUT2D eigenvalue weighted by Crippen LogP contribution is 2.37. The van der Waals surface area contributed by atoms with E-state index in [4.69, 9.17) is 0 Å². The summed E-state index contributed by atoms with van der Waals surface area (Å²) in [7, 11) is 0. The Labute approximate surface area is 143 Å². The van der Waals surface area contributed by atoms with Gasteiger partial charge in [-0.2, -0.15) is 0 Å². The number of fused-ring (bicyclic) bond motifs is 3. The molecule has 5 heteroatoms. The van der Waals surface area contributed by atoms with Crippen molar-refractivity contribution in [3.8, 4) is 0 Å². The number of benzene rings is 1. The van der Waals surface area contributed by atoms with Crippen LogP contribution in [0.2, 0.25) is 0 Å². The Morgan fingerprint density at radius 2 is 2.00 bits per heavy atom. The SMILES string of the molecule is Cc1sc2c3c([nH]c2c1C(=O)Nc1ccccc1F)CCCCC3. The first kappa shape index (κ1) is 15.4. The number of anilines is 1. The van der Waals surface area contributed by atoms with Crippen molar-refractivity contribution in [2.75, 3.05) is 5.32 Å². The number of hydrogen-bond donors (Lipinski definition) is 2. The standard InChI is InChI=1S/C19H19FN2OS/c1-11-16(19(23)22-15-10-6-5-8-13(15)20)17-18(24-11)12-7-3-2-4-9-14(12)21-17/h5-6,8,10,21H,2-4,7,9H2,1H3,(H,22,23). The van der Waals surface area contributed by atoms with E-state index in [0.717, 1.165) is 23.2 Å².